The van der Waals surface area contributed by atoms with E-state index in [2.05, 4.69) is 34.6 Å². The van der Waals surface area contributed by atoms with Crippen molar-refractivity contribution in [2.75, 3.05) is 5.32 Å². The number of hydrogen-bond acceptors (Lipinski definition) is 1. The van der Waals surface area contributed by atoms with Crippen molar-refractivity contribution in [2.24, 2.45) is 0 Å². The second-order valence-corrected chi connectivity index (χ2v) is 4.76. The summed E-state index contributed by atoms with van der Waals surface area (Å²) in [5, 5.41) is 4.93. The zero-order valence-corrected chi connectivity index (χ0v) is 9.50. The Morgan fingerprint density at radius 3 is 2.81 bits per heavy atom. The van der Waals surface area contributed by atoms with Crippen LogP contribution in [0.2, 0.25) is 0 Å². The van der Waals surface area contributed by atoms with Crippen LogP contribution in [0.25, 0.3) is 10.9 Å². The molecular formula is C14H18N2. The molecule has 1 aromatic heterocycles. The number of aromatic amines is 1. The molecule has 84 valence electrons. The third kappa shape index (κ3) is 1.92. The third-order valence-electron chi connectivity index (χ3n) is 3.53. The van der Waals surface area contributed by atoms with Gasteiger partial charge in [-0.15, -0.1) is 0 Å². The van der Waals surface area contributed by atoms with E-state index >= 15 is 0 Å². The van der Waals surface area contributed by atoms with Gasteiger partial charge in [0.15, 0.2) is 0 Å². The minimum absolute atomic E-state index is 0.682. The predicted molar refractivity (Wildman–Crippen MR) is 68.8 cm³/mol. The van der Waals surface area contributed by atoms with E-state index in [-0.39, 0.29) is 0 Å². The van der Waals surface area contributed by atoms with Gasteiger partial charge in [0.05, 0.1) is 0 Å². The summed E-state index contributed by atoms with van der Waals surface area (Å²) >= 11 is 0. The first-order valence-corrected chi connectivity index (χ1v) is 6.25. The molecule has 0 amide bonds. The third-order valence-corrected chi connectivity index (χ3v) is 3.53. The number of hydrogen-bond donors (Lipinski definition) is 2. The van der Waals surface area contributed by atoms with Crippen LogP contribution in [-0.4, -0.2) is 11.0 Å². The Morgan fingerprint density at radius 2 is 1.94 bits per heavy atom. The summed E-state index contributed by atoms with van der Waals surface area (Å²) in [4.78, 5) is 3.26. The van der Waals surface area contributed by atoms with Crippen molar-refractivity contribution in [1.29, 1.82) is 0 Å². The van der Waals surface area contributed by atoms with Crippen LogP contribution < -0.4 is 5.32 Å². The van der Waals surface area contributed by atoms with Gasteiger partial charge in [0.1, 0.15) is 0 Å². The molecule has 16 heavy (non-hydrogen) atoms. The molecular weight excluding hydrogens is 196 g/mol. The van der Waals surface area contributed by atoms with Crippen LogP contribution in [0, 0.1) is 0 Å². The topological polar surface area (TPSA) is 27.8 Å². The average molecular weight is 214 g/mol. The number of rotatable bonds is 2. The lowest BCUT2D eigenvalue weighted by Crippen LogP contribution is -2.22. The molecule has 1 saturated carbocycles. The molecule has 1 heterocycles. The summed E-state index contributed by atoms with van der Waals surface area (Å²) in [6.07, 6.45) is 8.80. The Bertz CT molecular complexity index is 466. The fraction of sp³-hybridized carbons (Fsp3) is 0.429. The number of anilines is 1. The second-order valence-electron chi connectivity index (χ2n) is 4.76. The summed E-state index contributed by atoms with van der Waals surface area (Å²) in [6.45, 7) is 0. The number of fused-ring (bicyclic) bond motifs is 1. The Labute approximate surface area is 96.1 Å². The lowest BCUT2D eigenvalue weighted by molar-refractivity contribution is 0.463. The molecule has 0 aliphatic heterocycles. The van der Waals surface area contributed by atoms with Crippen LogP contribution >= 0.6 is 0 Å². The molecule has 0 unspecified atom stereocenters. The summed E-state index contributed by atoms with van der Waals surface area (Å²) in [6, 6.07) is 9.37. The van der Waals surface area contributed by atoms with Gasteiger partial charge >= 0.3 is 0 Å². The molecule has 1 aromatic carbocycles. The molecule has 0 spiro atoms. The Balaban J connectivity index is 1.77. The average Bonchev–Trinajstić information content (AvgIpc) is 2.77. The van der Waals surface area contributed by atoms with Crippen molar-refractivity contribution < 1.29 is 0 Å². The first-order valence-electron chi connectivity index (χ1n) is 6.25. The molecule has 1 aliphatic rings. The van der Waals surface area contributed by atoms with Gasteiger partial charge in [-0.2, -0.15) is 0 Å². The van der Waals surface area contributed by atoms with Crippen LogP contribution in [0.1, 0.15) is 32.1 Å². The molecule has 2 aromatic rings. The van der Waals surface area contributed by atoms with E-state index in [0.29, 0.717) is 6.04 Å². The van der Waals surface area contributed by atoms with E-state index < -0.39 is 0 Å². The minimum atomic E-state index is 0.682. The Morgan fingerprint density at radius 1 is 1.06 bits per heavy atom. The molecule has 3 rings (SSSR count). The van der Waals surface area contributed by atoms with Crippen molar-refractivity contribution in [3.05, 3.63) is 30.5 Å². The van der Waals surface area contributed by atoms with E-state index in [0.717, 1.165) is 0 Å². The first kappa shape index (κ1) is 9.76. The lowest BCUT2D eigenvalue weighted by atomic mass is 9.95. The highest BCUT2D eigenvalue weighted by Crippen LogP contribution is 2.23. The fourth-order valence-corrected chi connectivity index (χ4v) is 2.62. The molecule has 0 radical (unpaired) electrons. The predicted octanol–water partition coefficient (Wildman–Crippen LogP) is 3.91. The van der Waals surface area contributed by atoms with Crippen LogP contribution in [-0.2, 0) is 0 Å². The maximum atomic E-state index is 3.64. The zero-order valence-electron chi connectivity index (χ0n) is 9.50. The summed E-state index contributed by atoms with van der Waals surface area (Å²) in [7, 11) is 0. The van der Waals surface area contributed by atoms with Gasteiger partial charge in [-0.25, -0.2) is 0 Å². The molecule has 2 N–H and O–H groups in total. The number of benzene rings is 1. The van der Waals surface area contributed by atoms with E-state index in [1.54, 1.807) is 0 Å². The van der Waals surface area contributed by atoms with Gasteiger partial charge in [-0.3, -0.25) is 0 Å². The molecule has 0 atom stereocenters. The molecule has 1 aliphatic carbocycles. The van der Waals surface area contributed by atoms with Gasteiger partial charge in [-0.1, -0.05) is 25.3 Å². The van der Waals surface area contributed by atoms with Gasteiger partial charge in [0, 0.05) is 23.4 Å². The zero-order chi connectivity index (χ0) is 10.8. The minimum Gasteiger partial charge on any atom is -0.382 e. The highest BCUT2D eigenvalue weighted by atomic mass is 14.9. The quantitative estimate of drug-likeness (QED) is 0.779. The van der Waals surface area contributed by atoms with Crippen LogP contribution in [0.4, 0.5) is 5.69 Å². The van der Waals surface area contributed by atoms with Crippen LogP contribution in [0.5, 0.6) is 0 Å². The SMILES string of the molecule is c1cc2ccc(NC3CCCCC3)cc2[nH]1. The highest BCUT2D eigenvalue weighted by Gasteiger charge is 2.12. The molecule has 2 heteroatoms. The lowest BCUT2D eigenvalue weighted by Gasteiger charge is -2.23. The van der Waals surface area contributed by atoms with Crippen molar-refractivity contribution in [3.63, 3.8) is 0 Å². The van der Waals surface area contributed by atoms with E-state index in [4.69, 9.17) is 0 Å². The van der Waals surface area contributed by atoms with Gasteiger partial charge in [0.2, 0.25) is 0 Å². The number of nitrogens with one attached hydrogen (secondary N) is 2. The van der Waals surface area contributed by atoms with Crippen molar-refractivity contribution in [3.8, 4) is 0 Å². The fourth-order valence-electron chi connectivity index (χ4n) is 2.62. The van der Waals surface area contributed by atoms with E-state index in [9.17, 15) is 0 Å². The molecule has 0 bridgehead atoms. The largest absolute Gasteiger partial charge is 0.382 e. The monoisotopic (exact) mass is 214 g/mol. The molecule has 1 fully saturated rings. The summed E-state index contributed by atoms with van der Waals surface area (Å²) in [5.41, 5.74) is 2.47. The number of H-pyrrole nitrogens is 1. The number of aromatic nitrogens is 1. The second kappa shape index (κ2) is 4.20. The maximum absolute atomic E-state index is 3.64. The van der Waals surface area contributed by atoms with Gasteiger partial charge < -0.3 is 10.3 Å². The summed E-state index contributed by atoms with van der Waals surface area (Å²) < 4.78 is 0. The van der Waals surface area contributed by atoms with Crippen LogP contribution in [0.3, 0.4) is 0 Å². The van der Waals surface area contributed by atoms with Gasteiger partial charge in [-0.05, 0) is 36.4 Å². The van der Waals surface area contributed by atoms with Crippen molar-refractivity contribution >= 4 is 16.6 Å². The Hall–Kier alpha value is -1.44. The summed E-state index contributed by atoms with van der Waals surface area (Å²) in [5.74, 6) is 0. The van der Waals surface area contributed by atoms with Crippen molar-refractivity contribution in [1.82, 2.24) is 4.98 Å². The van der Waals surface area contributed by atoms with Crippen LogP contribution in [0.15, 0.2) is 30.5 Å². The first-order chi connectivity index (χ1) is 7.92. The van der Waals surface area contributed by atoms with Crippen molar-refractivity contribution in [2.45, 2.75) is 38.1 Å². The smallest absolute Gasteiger partial charge is 0.0474 e. The Kier molecular flexibility index (Phi) is 2.56. The van der Waals surface area contributed by atoms with E-state index in [1.807, 2.05) is 6.20 Å². The van der Waals surface area contributed by atoms with Gasteiger partial charge in [0.25, 0.3) is 0 Å². The standard InChI is InChI=1S/C14H18N2/c1-2-4-12(5-3-1)16-13-7-6-11-8-9-15-14(11)10-13/h6-10,12,15-16H,1-5H2. The maximum Gasteiger partial charge on any atom is 0.0474 e. The molecule has 2 nitrogen and oxygen atoms in total. The highest BCUT2D eigenvalue weighted by molar-refractivity contribution is 5.82. The molecule has 0 saturated heterocycles. The van der Waals surface area contributed by atoms with E-state index in [1.165, 1.54) is 48.7 Å². The normalized spacial score (nSPS) is 17.8.